The SMILES string of the molecule is CC1(C)OC2C(O[Si](c3ccccc3)(c3ccccc3)C(C)(C)C)CO[C@@H]2O1. The second-order valence-electron chi connectivity index (χ2n) is 9.12. The molecule has 0 radical (unpaired) electrons. The van der Waals surface area contributed by atoms with Crippen molar-refractivity contribution in [3.63, 3.8) is 0 Å². The summed E-state index contributed by atoms with van der Waals surface area (Å²) in [6.07, 6.45) is -0.743. The lowest BCUT2D eigenvalue weighted by molar-refractivity contribution is -0.199. The number of fused-ring (bicyclic) bond motifs is 1. The van der Waals surface area contributed by atoms with Crippen LogP contribution in [0, 0.1) is 0 Å². The zero-order valence-corrected chi connectivity index (χ0v) is 18.3. The van der Waals surface area contributed by atoms with E-state index in [9.17, 15) is 0 Å². The molecular formula is C23H30O4Si. The van der Waals surface area contributed by atoms with Gasteiger partial charge in [0.25, 0.3) is 8.32 Å². The molecule has 2 aliphatic heterocycles. The van der Waals surface area contributed by atoms with E-state index in [4.69, 9.17) is 18.6 Å². The highest BCUT2D eigenvalue weighted by Gasteiger charge is 2.57. The summed E-state index contributed by atoms with van der Waals surface area (Å²) in [7, 11) is -2.64. The van der Waals surface area contributed by atoms with E-state index >= 15 is 0 Å². The normalized spacial score (nSPS) is 27.0. The maximum absolute atomic E-state index is 7.15. The van der Waals surface area contributed by atoms with Gasteiger partial charge in [0.05, 0.1) is 6.61 Å². The Morgan fingerprint density at radius 2 is 1.43 bits per heavy atom. The molecule has 4 rings (SSSR count). The molecule has 2 unspecified atom stereocenters. The summed E-state index contributed by atoms with van der Waals surface area (Å²) < 4.78 is 25.1. The number of rotatable bonds is 4. The van der Waals surface area contributed by atoms with E-state index in [1.54, 1.807) is 0 Å². The van der Waals surface area contributed by atoms with Gasteiger partial charge in [-0.15, -0.1) is 0 Å². The third-order valence-corrected chi connectivity index (χ3v) is 10.7. The molecule has 0 spiro atoms. The van der Waals surface area contributed by atoms with Gasteiger partial charge in [-0.05, 0) is 29.3 Å². The van der Waals surface area contributed by atoms with Gasteiger partial charge >= 0.3 is 0 Å². The summed E-state index contributed by atoms with van der Waals surface area (Å²) in [5.74, 6) is -0.650. The fourth-order valence-corrected chi connectivity index (χ4v) is 9.11. The quantitative estimate of drug-likeness (QED) is 0.740. The van der Waals surface area contributed by atoms with Gasteiger partial charge in [0.1, 0.15) is 12.2 Å². The van der Waals surface area contributed by atoms with Crippen molar-refractivity contribution < 1.29 is 18.6 Å². The molecule has 4 nitrogen and oxygen atoms in total. The minimum absolute atomic E-state index is 0.0806. The number of hydrogen-bond donors (Lipinski definition) is 0. The molecule has 5 heteroatoms. The third kappa shape index (κ3) is 3.35. The van der Waals surface area contributed by atoms with Crippen LogP contribution in [0.4, 0.5) is 0 Å². The first-order valence-corrected chi connectivity index (χ1v) is 11.9. The summed E-state index contributed by atoms with van der Waals surface area (Å²) in [6.45, 7) is 11.2. The molecule has 2 fully saturated rings. The van der Waals surface area contributed by atoms with Crippen LogP contribution in [-0.4, -0.2) is 39.2 Å². The first-order chi connectivity index (χ1) is 13.2. The van der Waals surface area contributed by atoms with Gasteiger partial charge in [0, 0.05) is 0 Å². The van der Waals surface area contributed by atoms with E-state index in [-0.39, 0.29) is 23.5 Å². The lowest BCUT2D eigenvalue weighted by atomic mass is 10.2. The topological polar surface area (TPSA) is 36.9 Å². The van der Waals surface area contributed by atoms with E-state index in [0.29, 0.717) is 6.61 Å². The van der Waals surface area contributed by atoms with Crippen molar-refractivity contribution in [3.05, 3.63) is 60.7 Å². The van der Waals surface area contributed by atoms with Crippen LogP contribution >= 0.6 is 0 Å². The standard InChI is InChI=1S/C23H30O4Si/c1-22(2,3)28(17-12-8-6-9-13-17,18-14-10-7-11-15-18)27-19-16-24-21-20(19)25-23(4,5)26-21/h6-15,19-21H,16H2,1-5H3/t19?,20?,21-/m1/s1. The smallest absolute Gasteiger partial charge is 0.261 e. The highest BCUT2D eigenvalue weighted by atomic mass is 28.4. The first-order valence-electron chi connectivity index (χ1n) is 9.99. The number of hydrogen-bond acceptors (Lipinski definition) is 4. The fraction of sp³-hybridized carbons (Fsp3) is 0.478. The van der Waals surface area contributed by atoms with Crippen molar-refractivity contribution >= 4 is 18.7 Å². The highest BCUT2D eigenvalue weighted by molar-refractivity contribution is 6.99. The molecular weight excluding hydrogens is 368 g/mol. The number of ether oxygens (including phenoxy) is 3. The molecule has 2 saturated heterocycles. The van der Waals surface area contributed by atoms with E-state index in [0.717, 1.165) is 0 Å². The molecule has 0 amide bonds. The minimum atomic E-state index is -2.64. The second kappa shape index (κ2) is 7.08. The largest absolute Gasteiger partial charge is 0.399 e. The zero-order chi connectivity index (χ0) is 20.0. The van der Waals surface area contributed by atoms with E-state index in [2.05, 4.69) is 81.4 Å². The molecule has 2 aromatic rings. The highest BCUT2D eigenvalue weighted by Crippen LogP contribution is 2.42. The molecule has 28 heavy (non-hydrogen) atoms. The van der Waals surface area contributed by atoms with Gasteiger partial charge in [0.15, 0.2) is 12.1 Å². The predicted molar refractivity (Wildman–Crippen MR) is 112 cm³/mol. The maximum Gasteiger partial charge on any atom is 0.261 e. The lowest BCUT2D eigenvalue weighted by Gasteiger charge is -2.45. The van der Waals surface area contributed by atoms with Gasteiger partial charge in [-0.3, -0.25) is 0 Å². The van der Waals surface area contributed by atoms with E-state index in [1.165, 1.54) is 10.4 Å². The monoisotopic (exact) mass is 398 g/mol. The van der Waals surface area contributed by atoms with Gasteiger partial charge in [-0.1, -0.05) is 81.4 Å². The predicted octanol–water partition coefficient (Wildman–Crippen LogP) is 3.44. The second-order valence-corrected chi connectivity index (χ2v) is 13.4. The van der Waals surface area contributed by atoms with Crippen LogP contribution in [-0.2, 0) is 18.6 Å². The van der Waals surface area contributed by atoms with Gasteiger partial charge in [0.2, 0.25) is 0 Å². The van der Waals surface area contributed by atoms with Crippen molar-refractivity contribution in [2.24, 2.45) is 0 Å². The average molecular weight is 399 g/mol. The van der Waals surface area contributed by atoms with Crippen molar-refractivity contribution in [2.75, 3.05) is 6.61 Å². The van der Waals surface area contributed by atoms with Gasteiger partial charge < -0.3 is 18.6 Å². The molecule has 2 aliphatic rings. The molecule has 150 valence electrons. The Morgan fingerprint density at radius 1 is 0.893 bits per heavy atom. The Kier molecular flexibility index (Phi) is 5.00. The molecule has 0 N–H and O–H groups in total. The van der Waals surface area contributed by atoms with Crippen LogP contribution in [0.1, 0.15) is 34.6 Å². The van der Waals surface area contributed by atoms with Gasteiger partial charge in [-0.25, -0.2) is 0 Å². The Bertz CT molecular complexity index is 761. The molecule has 0 aromatic heterocycles. The number of benzene rings is 2. The summed E-state index contributed by atoms with van der Waals surface area (Å²) in [5.41, 5.74) is 0. The Morgan fingerprint density at radius 3 is 1.93 bits per heavy atom. The van der Waals surface area contributed by atoms with Crippen molar-refractivity contribution in [1.29, 1.82) is 0 Å². The minimum Gasteiger partial charge on any atom is -0.399 e. The van der Waals surface area contributed by atoms with Crippen molar-refractivity contribution in [1.82, 2.24) is 0 Å². The molecule has 3 atom stereocenters. The molecule has 0 bridgehead atoms. The average Bonchev–Trinajstić information content (AvgIpc) is 3.15. The van der Waals surface area contributed by atoms with E-state index < -0.39 is 14.1 Å². The molecule has 2 aromatic carbocycles. The molecule has 0 saturated carbocycles. The third-order valence-electron chi connectivity index (χ3n) is 5.62. The Balaban J connectivity index is 1.80. The van der Waals surface area contributed by atoms with Crippen molar-refractivity contribution in [2.45, 2.75) is 63.9 Å². The summed E-state index contributed by atoms with van der Waals surface area (Å²) in [6, 6.07) is 21.3. The Labute approximate surface area is 168 Å². The molecule has 0 aliphatic carbocycles. The summed E-state index contributed by atoms with van der Waals surface area (Å²) >= 11 is 0. The van der Waals surface area contributed by atoms with Crippen LogP contribution in [0.5, 0.6) is 0 Å². The summed E-state index contributed by atoms with van der Waals surface area (Å²) in [5, 5.41) is 2.44. The van der Waals surface area contributed by atoms with Crippen LogP contribution in [0.3, 0.4) is 0 Å². The first kappa shape index (κ1) is 19.8. The molecule has 2 heterocycles. The lowest BCUT2D eigenvalue weighted by Crippen LogP contribution is -2.68. The van der Waals surface area contributed by atoms with Crippen molar-refractivity contribution in [3.8, 4) is 0 Å². The summed E-state index contributed by atoms with van der Waals surface area (Å²) in [4.78, 5) is 0. The van der Waals surface area contributed by atoms with E-state index in [1.807, 2.05) is 13.8 Å². The van der Waals surface area contributed by atoms with Crippen LogP contribution < -0.4 is 10.4 Å². The maximum atomic E-state index is 7.15. The Hall–Kier alpha value is -1.50. The van der Waals surface area contributed by atoms with Gasteiger partial charge in [-0.2, -0.15) is 0 Å². The fourth-order valence-electron chi connectivity index (χ4n) is 4.44. The van der Waals surface area contributed by atoms with Crippen LogP contribution in [0.15, 0.2) is 60.7 Å². The van der Waals surface area contributed by atoms with Crippen LogP contribution in [0.25, 0.3) is 0 Å². The van der Waals surface area contributed by atoms with Crippen LogP contribution in [0.2, 0.25) is 5.04 Å². The zero-order valence-electron chi connectivity index (χ0n) is 17.3.